The Hall–Kier alpha value is -1.18. The first-order valence-corrected chi connectivity index (χ1v) is 4.29. The number of rotatable bonds is 4. The van der Waals surface area contributed by atoms with Crippen molar-refractivity contribution in [1.29, 1.82) is 0 Å². The van der Waals surface area contributed by atoms with Crippen LogP contribution in [-0.4, -0.2) is 0 Å². The van der Waals surface area contributed by atoms with E-state index in [0.29, 0.717) is 5.69 Å². The highest BCUT2D eigenvalue weighted by Crippen LogP contribution is 2.13. The van der Waals surface area contributed by atoms with Crippen LogP contribution < -0.4 is 0 Å². The van der Waals surface area contributed by atoms with Crippen LogP contribution in [0.3, 0.4) is 0 Å². The molecule has 0 radical (unpaired) electrons. The molecule has 0 saturated carbocycles. The second-order valence-electron chi connectivity index (χ2n) is 2.86. The molecule has 1 rings (SSSR count). The molecule has 2 heteroatoms. The van der Waals surface area contributed by atoms with E-state index in [1.54, 1.807) is 12.1 Å². The second-order valence-corrected chi connectivity index (χ2v) is 2.86. The number of benzene rings is 1. The van der Waals surface area contributed by atoms with Crippen LogP contribution in [0.15, 0.2) is 29.4 Å². The highest BCUT2D eigenvalue weighted by Gasteiger charge is 1.93. The van der Waals surface area contributed by atoms with Crippen LogP contribution in [0.25, 0.3) is 0 Å². The summed E-state index contributed by atoms with van der Waals surface area (Å²) in [7, 11) is 0. The maximum absolute atomic E-state index is 10.1. The Kier molecular flexibility index (Phi) is 3.45. The summed E-state index contributed by atoms with van der Waals surface area (Å²) in [6.45, 7) is 2.17. The van der Waals surface area contributed by atoms with Crippen molar-refractivity contribution in [3.05, 3.63) is 34.7 Å². The Morgan fingerprint density at radius 1 is 1.25 bits per heavy atom. The lowest BCUT2D eigenvalue weighted by Crippen LogP contribution is -1.82. The zero-order valence-electron chi connectivity index (χ0n) is 7.29. The Labute approximate surface area is 72.6 Å². The lowest BCUT2D eigenvalue weighted by molar-refractivity contribution is 0.795. The molecule has 0 fully saturated rings. The minimum absolute atomic E-state index is 0.509. The predicted octanol–water partition coefficient (Wildman–Crippen LogP) is 3.43. The minimum Gasteiger partial charge on any atom is -0.145 e. The molecule has 0 heterocycles. The fraction of sp³-hybridized carbons (Fsp3) is 0.400. The average Bonchev–Trinajstić information content (AvgIpc) is 2.15. The molecule has 0 bridgehead atoms. The molecule has 2 nitrogen and oxygen atoms in total. The van der Waals surface area contributed by atoms with Gasteiger partial charge in [0.1, 0.15) is 5.69 Å². The van der Waals surface area contributed by atoms with Gasteiger partial charge < -0.3 is 0 Å². The molecule has 1 aromatic rings. The van der Waals surface area contributed by atoms with E-state index in [1.807, 2.05) is 12.1 Å². The van der Waals surface area contributed by atoms with Gasteiger partial charge in [-0.05, 0) is 35.7 Å². The molecule has 12 heavy (non-hydrogen) atoms. The van der Waals surface area contributed by atoms with Crippen molar-refractivity contribution < 1.29 is 0 Å². The summed E-state index contributed by atoms with van der Waals surface area (Å²) in [6, 6.07) is 7.45. The van der Waals surface area contributed by atoms with Gasteiger partial charge in [-0.1, -0.05) is 25.5 Å². The average molecular weight is 163 g/mol. The Bertz CT molecular complexity index is 241. The first kappa shape index (κ1) is 8.91. The van der Waals surface area contributed by atoms with E-state index in [2.05, 4.69) is 12.1 Å². The molecule has 0 aliphatic carbocycles. The third kappa shape index (κ3) is 2.46. The largest absolute Gasteiger partial charge is 0.145 e. The van der Waals surface area contributed by atoms with Gasteiger partial charge in [-0.25, -0.2) is 0 Å². The van der Waals surface area contributed by atoms with Gasteiger partial charge in [-0.3, -0.25) is 0 Å². The molecule has 64 valence electrons. The van der Waals surface area contributed by atoms with E-state index in [4.69, 9.17) is 0 Å². The van der Waals surface area contributed by atoms with Crippen molar-refractivity contribution in [2.24, 2.45) is 5.18 Å². The van der Waals surface area contributed by atoms with Gasteiger partial charge in [-0.2, -0.15) is 0 Å². The van der Waals surface area contributed by atoms with Gasteiger partial charge in [0.2, 0.25) is 0 Å². The summed E-state index contributed by atoms with van der Waals surface area (Å²) in [5, 5.41) is 2.84. The molecule has 0 aliphatic rings. The maximum Gasteiger partial charge on any atom is 0.108 e. The summed E-state index contributed by atoms with van der Waals surface area (Å²) in [4.78, 5) is 10.1. The predicted molar refractivity (Wildman–Crippen MR) is 50.5 cm³/mol. The van der Waals surface area contributed by atoms with E-state index in [-0.39, 0.29) is 0 Å². The van der Waals surface area contributed by atoms with Crippen molar-refractivity contribution >= 4 is 5.69 Å². The smallest absolute Gasteiger partial charge is 0.108 e. The van der Waals surface area contributed by atoms with Crippen LogP contribution in [0.1, 0.15) is 25.3 Å². The highest BCUT2D eigenvalue weighted by atomic mass is 16.3. The van der Waals surface area contributed by atoms with Gasteiger partial charge in [0.25, 0.3) is 0 Å². The first-order chi connectivity index (χ1) is 5.86. The number of aryl methyl sites for hydroxylation is 1. The van der Waals surface area contributed by atoms with Crippen LogP contribution in [0.4, 0.5) is 5.69 Å². The van der Waals surface area contributed by atoms with E-state index in [0.717, 1.165) is 6.42 Å². The Morgan fingerprint density at radius 2 is 1.92 bits per heavy atom. The van der Waals surface area contributed by atoms with Crippen LogP contribution in [0.2, 0.25) is 0 Å². The molecule has 0 N–H and O–H groups in total. The lowest BCUT2D eigenvalue weighted by atomic mass is 10.1. The SMILES string of the molecule is CCCCc1ccc(N=O)cc1. The molecule has 0 aromatic heterocycles. The van der Waals surface area contributed by atoms with Crippen molar-refractivity contribution in [3.63, 3.8) is 0 Å². The monoisotopic (exact) mass is 163 g/mol. The van der Waals surface area contributed by atoms with Crippen molar-refractivity contribution in [2.45, 2.75) is 26.2 Å². The molecular formula is C10H13NO. The second kappa shape index (κ2) is 4.65. The molecule has 0 amide bonds. The van der Waals surface area contributed by atoms with Crippen molar-refractivity contribution in [3.8, 4) is 0 Å². The topological polar surface area (TPSA) is 29.4 Å². The van der Waals surface area contributed by atoms with Crippen molar-refractivity contribution in [1.82, 2.24) is 0 Å². The third-order valence-electron chi connectivity index (χ3n) is 1.86. The molecule has 0 spiro atoms. The molecular weight excluding hydrogens is 150 g/mol. The van der Waals surface area contributed by atoms with Gasteiger partial charge in [0.05, 0.1) is 0 Å². The minimum atomic E-state index is 0.509. The van der Waals surface area contributed by atoms with E-state index in [9.17, 15) is 4.91 Å². The molecule has 0 atom stereocenters. The van der Waals surface area contributed by atoms with Crippen LogP contribution >= 0.6 is 0 Å². The summed E-state index contributed by atoms with van der Waals surface area (Å²) >= 11 is 0. The quantitative estimate of drug-likeness (QED) is 0.625. The third-order valence-corrected chi connectivity index (χ3v) is 1.86. The normalized spacial score (nSPS) is 9.75. The summed E-state index contributed by atoms with van der Waals surface area (Å²) in [5.41, 5.74) is 1.79. The Morgan fingerprint density at radius 3 is 2.42 bits per heavy atom. The van der Waals surface area contributed by atoms with Crippen LogP contribution in [0.5, 0.6) is 0 Å². The standard InChI is InChI=1S/C10H13NO/c1-2-3-4-9-5-7-10(11-12)8-6-9/h5-8H,2-4H2,1H3. The zero-order chi connectivity index (χ0) is 8.81. The van der Waals surface area contributed by atoms with E-state index >= 15 is 0 Å². The van der Waals surface area contributed by atoms with E-state index in [1.165, 1.54) is 18.4 Å². The van der Waals surface area contributed by atoms with Crippen LogP contribution in [-0.2, 0) is 6.42 Å². The molecule has 0 saturated heterocycles. The fourth-order valence-electron chi connectivity index (χ4n) is 1.10. The van der Waals surface area contributed by atoms with Crippen molar-refractivity contribution in [2.75, 3.05) is 0 Å². The summed E-state index contributed by atoms with van der Waals surface area (Å²) in [6.07, 6.45) is 3.50. The number of hydrogen-bond acceptors (Lipinski definition) is 2. The summed E-state index contributed by atoms with van der Waals surface area (Å²) in [5.74, 6) is 0. The first-order valence-electron chi connectivity index (χ1n) is 4.29. The molecule has 0 aliphatic heterocycles. The number of nitroso groups, excluding NO2 is 1. The van der Waals surface area contributed by atoms with Gasteiger partial charge in [-0.15, -0.1) is 4.91 Å². The highest BCUT2D eigenvalue weighted by molar-refractivity contribution is 5.38. The maximum atomic E-state index is 10.1. The number of hydrogen-bond donors (Lipinski definition) is 0. The number of nitrogens with zero attached hydrogens (tertiary/aromatic N) is 1. The van der Waals surface area contributed by atoms with Gasteiger partial charge >= 0.3 is 0 Å². The van der Waals surface area contributed by atoms with Crippen LogP contribution in [0, 0.1) is 4.91 Å². The van der Waals surface area contributed by atoms with Gasteiger partial charge in [0.15, 0.2) is 0 Å². The van der Waals surface area contributed by atoms with E-state index < -0.39 is 0 Å². The molecule has 0 unspecified atom stereocenters. The summed E-state index contributed by atoms with van der Waals surface area (Å²) < 4.78 is 0. The Balaban J connectivity index is 2.58. The lowest BCUT2D eigenvalue weighted by Gasteiger charge is -1.98. The fourth-order valence-corrected chi connectivity index (χ4v) is 1.10. The molecule has 1 aromatic carbocycles. The zero-order valence-corrected chi connectivity index (χ0v) is 7.29. The number of unbranched alkanes of at least 4 members (excludes halogenated alkanes) is 1. The van der Waals surface area contributed by atoms with Gasteiger partial charge in [0, 0.05) is 0 Å².